The highest BCUT2D eigenvalue weighted by molar-refractivity contribution is 14.0. The first kappa shape index (κ1) is 23.4. The fraction of sp³-hybridized carbons (Fsp3) is 0.417. The Hall–Kier alpha value is -2.29. The van der Waals surface area contributed by atoms with Gasteiger partial charge in [0.2, 0.25) is 5.91 Å². The normalized spacial score (nSPS) is 16.5. The Balaban J connectivity index is 0.00000272. The molecular formula is C24H32IN5O. The number of rotatable bonds is 5. The molecule has 0 radical (unpaired) electrons. The van der Waals surface area contributed by atoms with Gasteiger partial charge in [0.05, 0.1) is 12.6 Å². The minimum absolute atomic E-state index is 0. The molecule has 0 bridgehead atoms. The van der Waals surface area contributed by atoms with Gasteiger partial charge in [0, 0.05) is 38.1 Å². The number of hydrogen-bond acceptors (Lipinski definition) is 3. The molecule has 4 rings (SSSR count). The minimum Gasteiger partial charge on any atom is -0.372 e. The zero-order valence-electron chi connectivity index (χ0n) is 18.3. The molecule has 1 fully saturated rings. The van der Waals surface area contributed by atoms with E-state index in [2.05, 4.69) is 57.8 Å². The Morgan fingerprint density at radius 2 is 1.87 bits per heavy atom. The van der Waals surface area contributed by atoms with Crippen molar-refractivity contribution in [1.82, 2.24) is 10.6 Å². The molecule has 2 aromatic rings. The Bertz CT molecular complexity index is 926. The van der Waals surface area contributed by atoms with Crippen molar-refractivity contribution in [3.63, 3.8) is 0 Å². The molecule has 31 heavy (non-hydrogen) atoms. The molecule has 1 amide bonds. The van der Waals surface area contributed by atoms with E-state index in [4.69, 9.17) is 0 Å². The third-order valence-corrected chi connectivity index (χ3v) is 6.01. The van der Waals surface area contributed by atoms with Crippen molar-refractivity contribution in [1.29, 1.82) is 0 Å². The van der Waals surface area contributed by atoms with Gasteiger partial charge in [-0.3, -0.25) is 9.79 Å². The zero-order chi connectivity index (χ0) is 20.9. The Morgan fingerprint density at radius 1 is 1.10 bits per heavy atom. The molecule has 2 N–H and O–H groups in total. The summed E-state index contributed by atoms with van der Waals surface area (Å²) in [5.74, 6) is 0.696. The van der Waals surface area contributed by atoms with Gasteiger partial charge < -0.3 is 20.4 Å². The van der Waals surface area contributed by atoms with E-state index in [-0.39, 0.29) is 42.5 Å². The van der Waals surface area contributed by atoms with Crippen LogP contribution in [0.3, 0.4) is 0 Å². The number of fused-ring (bicyclic) bond motifs is 1. The highest BCUT2D eigenvalue weighted by atomic mass is 127. The second-order valence-corrected chi connectivity index (χ2v) is 8.01. The van der Waals surface area contributed by atoms with Crippen LogP contribution in [0.5, 0.6) is 0 Å². The number of nitrogens with one attached hydrogen (secondary N) is 2. The summed E-state index contributed by atoms with van der Waals surface area (Å²) in [5, 5.41) is 6.60. The van der Waals surface area contributed by atoms with E-state index in [1.165, 1.54) is 29.7 Å². The van der Waals surface area contributed by atoms with E-state index in [9.17, 15) is 4.79 Å². The molecule has 1 saturated heterocycles. The number of carbonyl (C=O) groups excluding carboxylic acids is 1. The smallest absolute Gasteiger partial charge is 0.246 e. The van der Waals surface area contributed by atoms with Crippen molar-refractivity contribution >= 4 is 47.2 Å². The number of nitrogens with zero attached hydrogens (tertiary/aromatic N) is 3. The number of guanidine groups is 1. The van der Waals surface area contributed by atoms with Gasteiger partial charge in [-0.1, -0.05) is 30.3 Å². The standard InChI is InChI=1S/C24H31N5O.HI/c1-18(20-9-7-10-21(16-20)28-13-5-6-14-28)27-24(25-2)26-17-23(30)29-15-12-19-8-3-4-11-22(19)29;/h3-4,7-11,16,18H,5-6,12-15,17H2,1-2H3,(H2,25,26,27);1H. The lowest BCUT2D eigenvalue weighted by molar-refractivity contribution is -0.117. The molecule has 1 atom stereocenters. The van der Waals surface area contributed by atoms with Crippen molar-refractivity contribution in [2.45, 2.75) is 32.2 Å². The van der Waals surface area contributed by atoms with Crippen LogP contribution in [0.2, 0.25) is 0 Å². The van der Waals surface area contributed by atoms with Crippen LogP contribution in [-0.2, 0) is 11.2 Å². The van der Waals surface area contributed by atoms with Crippen molar-refractivity contribution in [3.8, 4) is 0 Å². The summed E-state index contributed by atoms with van der Waals surface area (Å²) in [6, 6.07) is 16.9. The SMILES string of the molecule is CN=C(NCC(=O)N1CCc2ccccc21)NC(C)c1cccc(N2CCCC2)c1.I. The van der Waals surface area contributed by atoms with E-state index >= 15 is 0 Å². The first-order valence-electron chi connectivity index (χ1n) is 10.9. The first-order chi connectivity index (χ1) is 14.7. The van der Waals surface area contributed by atoms with Crippen molar-refractivity contribution < 1.29 is 4.79 Å². The molecule has 6 nitrogen and oxygen atoms in total. The number of hydrogen-bond donors (Lipinski definition) is 2. The predicted molar refractivity (Wildman–Crippen MR) is 139 cm³/mol. The quantitative estimate of drug-likeness (QED) is 0.350. The molecule has 0 aliphatic carbocycles. The lowest BCUT2D eigenvalue weighted by Crippen LogP contribution is -2.45. The molecular weight excluding hydrogens is 501 g/mol. The van der Waals surface area contributed by atoms with Gasteiger partial charge >= 0.3 is 0 Å². The monoisotopic (exact) mass is 533 g/mol. The highest BCUT2D eigenvalue weighted by Gasteiger charge is 2.24. The third kappa shape index (κ3) is 5.50. The van der Waals surface area contributed by atoms with Gasteiger partial charge in [0.15, 0.2) is 5.96 Å². The topological polar surface area (TPSA) is 60.0 Å². The van der Waals surface area contributed by atoms with E-state index in [0.717, 1.165) is 31.7 Å². The van der Waals surface area contributed by atoms with E-state index in [0.29, 0.717) is 5.96 Å². The van der Waals surface area contributed by atoms with Gasteiger partial charge in [-0.15, -0.1) is 24.0 Å². The third-order valence-electron chi connectivity index (χ3n) is 6.01. The molecule has 0 spiro atoms. The molecule has 0 saturated carbocycles. The number of para-hydroxylation sites is 1. The fourth-order valence-electron chi connectivity index (χ4n) is 4.30. The maximum atomic E-state index is 12.8. The van der Waals surface area contributed by atoms with Crippen LogP contribution in [0.1, 0.15) is 36.9 Å². The zero-order valence-corrected chi connectivity index (χ0v) is 20.6. The van der Waals surface area contributed by atoms with Crippen molar-refractivity contribution in [2.75, 3.05) is 43.0 Å². The number of aliphatic imine (C=N–C) groups is 1. The summed E-state index contributed by atoms with van der Waals surface area (Å²) in [6.07, 6.45) is 3.45. The minimum atomic E-state index is 0. The predicted octanol–water partition coefficient (Wildman–Crippen LogP) is 3.72. The summed E-state index contributed by atoms with van der Waals surface area (Å²) >= 11 is 0. The molecule has 2 heterocycles. The average Bonchev–Trinajstić information content (AvgIpc) is 3.46. The van der Waals surface area contributed by atoms with Gasteiger partial charge in [0.1, 0.15) is 0 Å². The Morgan fingerprint density at radius 3 is 2.65 bits per heavy atom. The van der Waals surface area contributed by atoms with Crippen molar-refractivity contribution in [3.05, 3.63) is 59.7 Å². The van der Waals surface area contributed by atoms with Gasteiger partial charge in [-0.25, -0.2) is 0 Å². The molecule has 166 valence electrons. The average molecular weight is 533 g/mol. The molecule has 2 aliphatic heterocycles. The number of benzene rings is 2. The van der Waals surface area contributed by atoms with Crippen LogP contribution in [0.25, 0.3) is 0 Å². The van der Waals surface area contributed by atoms with Crippen LogP contribution in [0, 0.1) is 0 Å². The molecule has 7 heteroatoms. The number of carbonyl (C=O) groups is 1. The van der Waals surface area contributed by atoms with Crippen LogP contribution in [-0.4, -0.2) is 45.1 Å². The van der Waals surface area contributed by atoms with Gasteiger partial charge in [-0.05, 0) is 55.5 Å². The lowest BCUT2D eigenvalue weighted by Gasteiger charge is -2.23. The molecule has 2 aromatic carbocycles. The van der Waals surface area contributed by atoms with E-state index in [1.807, 2.05) is 23.1 Å². The Labute approximate surface area is 202 Å². The number of halogens is 1. The summed E-state index contributed by atoms with van der Waals surface area (Å²) in [7, 11) is 1.73. The summed E-state index contributed by atoms with van der Waals surface area (Å²) in [4.78, 5) is 21.4. The largest absolute Gasteiger partial charge is 0.372 e. The van der Waals surface area contributed by atoms with Crippen LogP contribution in [0.4, 0.5) is 11.4 Å². The maximum Gasteiger partial charge on any atom is 0.246 e. The van der Waals surface area contributed by atoms with Gasteiger partial charge in [-0.2, -0.15) is 0 Å². The number of anilines is 2. The first-order valence-corrected chi connectivity index (χ1v) is 10.9. The second kappa shape index (κ2) is 10.8. The summed E-state index contributed by atoms with van der Waals surface area (Å²) in [6.45, 7) is 5.35. The van der Waals surface area contributed by atoms with E-state index in [1.54, 1.807) is 7.05 Å². The fourth-order valence-corrected chi connectivity index (χ4v) is 4.30. The van der Waals surface area contributed by atoms with Crippen LogP contribution >= 0.6 is 24.0 Å². The summed E-state index contributed by atoms with van der Waals surface area (Å²) in [5.41, 5.74) is 4.76. The molecule has 2 aliphatic rings. The van der Waals surface area contributed by atoms with Crippen molar-refractivity contribution in [2.24, 2.45) is 4.99 Å². The van der Waals surface area contributed by atoms with Gasteiger partial charge in [0.25, 0.3) is 0 Å². The lowest BCUT2D eigenvalue weighted by atomic mass is 10.1. The van der Waals surface area contributed by atoms with Crippen LogP contribution < -0.4 is 20.4 Å². The molecule has 1 unspecified atom stereocenters. The van der Waals surface area contributed by atoms with Crippen LogP contribution in [0.15, 0.2) is 53.5 Å². The van der Waals surface area contributed by atoms with E-state index < -0.39 is 0 Å². The Kier molecular flexibility index (Phi) is 8.17. The second-order valence-electron chi connectivity index (χ2n) is 8.01. The maximum absolute atomic E-state index is 12.8. The summed E-state index contributed by atoms with van der Waals surface area (Å²) < 4.78 is 0. The molecule has 0 aromatic heterocycles. The highest BCUT2D eigenvalue weighted by Crippen LogP contribution is 2.27. The number of amides is 1.